The predicted molar refractivity (Wildman–Crippen MR) is 63.7 cm³/mol. The molecule has 0 bridgehead atoms. The molecule has 0 fully saturated rings. The highest BCUT2D eigenvalue weighted by atomic mass is 16.5. The van der Waals surface area contributed by atoms with E-state index in [2.05, 4.69) is 11.8 Å². The Morgan fingerprint density at radius 1 is 1.50 bits per heavy atom. The Labute approximate surface area is 95.6 Å². The Balaban J connectivity index is 2.70. The van der Waals surface area contributed by atoms with Gasteiger partial charge in [-0.15, -0.1) is 0 Å². The lowest BCUT2D eigenvalue weighted by molar-refractivity contribution is -0.141. The van der Waals surface area contributed by atoms with E-state index in [0.717, 1.165) is 11.1 Å². The van der Waals surface area contributed by atoms with E-state index < -0.39 is 0 Å². The third kappa shape index (κ3) is 3.32. The minimum atomic E-state index is -0.295. The fraction of sp³-hybridized carbons (Fsp3) is 0.308. The minimum absolute atomic E-state index is 0.113. The van der Waals surface area contributed by atoms with Crippen LogP contribution in [-0.2, 0) is 9.53 Å². The summed E-state index contributed by atoms with van der Waals surface area (Å²) in [5.41, 5.74) is 8.25. The first-order valence-corrected chi connectivity index (χ1v) is 5.14. The first-order valence-electron chi connectivity index (χ1n) is 5.14. The highest BCUT2D eigenvalue weighted by Crippen LogP contribution is 2.13. The first-order chi connectivity index (χ1) is 7.65. The number of rotatable bonds is 2. The number of anilines is 1. The molecule has 0 aliphatic carbocycles. The number of hydrogen-bond donors (Lipinski definition) is 1. The Kier molecular flexibility index (Phi) is 4.41. The van der Waals surface area contributed by atoms with Gasteiger partial charge >= 0.3 is 5.97 Å². The van der Waals surface area contributed by atoms with Crippen LogP contribution >= 0.6 is 0 Å². The van der Waals surface area contributed by atoms with Crippen LogP contribution in [0.3, 0.4) is 0 Å². The average molecular weight is 217 g/mol. The molecule has 0 amide bonds. The monoisotopic (exact) mass is 217 g/mol. The summed E-state index contributed by atoms with van der Waals surface area (Å²) < 4.78 is 4.77. The molecule has 0 atom stereocenters. The molecule has 1 aromatic carbocycles. The average Bonchev–Trinajstić information content (AvgIpc) is 2.25. The summed E-state index contributed by atoms with van der Waals surface area (Å²) in [4.78, 5) is 11.0. The summed E-state index contributed by atoms with van der Waals surface area (Å²) in [7, 11) is 0. The number of esters is 1. The zero-order valence-electron chi connectivity index (χ0n) is 9.54. The topological polar surface area (TPSA) is 52.3 Å². The van der Waals surface area contributed by atoms with Crippen molar-refractivity contribution in [2.45, 2.75) is 20.3 Å². The molecule has 2 N–H and O–H groups in total. The van der Waals surface area contributed by atoms with Crippen LogP contribution < -0.4 is 5.73 Å². The van der Waals surface area contributed by atoms with Crippen LogP contribution in [0.2, 0.25) is 0 Å². The van der Waals surface area contributed by atoms with Crippen molar-refractivity contribution in [1.82, 2.24) is 0 Å². The summed E-state index contributed by atoms with van der Waals surface area (Å²) in [6.07, 6.45) is 0.113. The van der Waals surface area contributed by atoms with E-state index >= 15 is 0 Å². The zero-order chi connectivity index (χ0) is 12.0. The molecule has 0 heterocycles. The van der Waals surface area contributed by atoms with Crippen molar-refractivity contribution < 1.29 is 9.53 Å². The predicted octanol–water partition coefficient (Wildman–Crippen LogP) is 1.88. The van der Waals surface area contributed by atoms with Gasteiger partial charge in [0.15, 0.2) is 0 Å². The molecule has 84 valence electrons. The third-order valence-corrected chi connectivity index (χ3v) is 2.14. The van der Waals surface area contributed by atoms with Gasteiger partial charge in [-0.3, -0.25) is 4.79 Å². The largest absolute Gasteiger partial charge is 0.465 e. The maximum Gasteiger partial charge on any atom is 0.317 e. The molecule has 3 nitrogen and oxygen atoms in total. The summed E-state index contributed by atoms with van der Waals surface area (Å²) in [6, 6.07) is 5.55. The second kappa shape index (κ2) is 5.82. The van der Waals surface area contributed by atoms with E-state index in [9.17, 15) is 4.79 Å². The van der Waals surface area contributed by atoms with E-state index in [0.29, 0.717) is 12.3 Å². The summed E-state index contributed by atoms with van der Waals surface area (Å²) in [5, 5.41) is 0. The number of carbonyl (C=O) groups is 1. The Morgan fingerprint density at radius 2 is 2.25 bits per heavy atom. The molecule has 0 aliphatic heterocycles. The lowest BCUT2D eigenvalue weighted by Gasteiger charge is -2.01. The second-order valence-electron chi connectivity index (χ2n) is 3.30. The second-order valence-corrected chi connectivity index (χ2v) is 3.30. The Hall–Kier alpha value is -1.95. The van der Waals surface area contributed by atoms with Crippen molar-refractivity contribution in [3.05, 3.63) is 29.3 Å². The fourth-order valence-electron chi connectivity index (χ4n) is 1.21. The van der Waals surface area contributed by atoms with Crippen LogP contribution in [0.1, 0.15) is 24.5 Å². The van der Waals surface area contributed by atoms with Crippen LogP contribution in [0.25, 0.3) is 0 Å². The van der Waals surface area contributed by atoms with Crippen molar-refractivity contribution in [1.29, 1.82) is 0 Å². The molecule has 0 spiro atoms. The van der Waals surface area contributed by atoms with Crippen molar-refractivity contribution >= 4 is 11.7 Å². The van der Waals surface area contributed by atoms with Gasteiger partial charge in [0.25, 0.3) is 0 Å². The molecule has 0 saturated heterocycles. The van der Waals surface area contributed by atoms with Gasteiger partial charge in [0.05, 0.1) is 6.61 Å². The quantitative estimate of drug-likeness (QED) is 0.467. The molecule has 0 saturated carbocycles. The van der Waals surface area contributed by atoms with Gasteiger partial charge in [0.1, 0.15) is 6.42 Å². The minimum Gasteiger partial charge on any atom is -0.465 e. The van der Waals surface area contributed by atoms with Gasteiger partial charge in [-0.05, 0) is 31.5 Å². The molecule has 1 rings (SSSR count). The van der Waals surface area contributed by atoms with Gasteiger partial charge in [-0.1, -0.05) is 17.9 Å². The molecular weight excluding hydrogens is 202 g/mol. The molecule has 1 aromatic rings. The van der Waals surface area contributed by atoms with Gasteiger partial charge in [0, 0.05) is 11.3 Å². The van der Waals surface area contributed by atoms with Crippen molar-refractivity contribution in [3.8, 4) is 11.8 Å². The Bertz CT molecular complexity index is 441. The van der Waals surface area contributed by atoms with Crippen molar-refractivity contribution in [2.24, 2.45) is 0 Å². The SMILES string of the molecule is CCOC(=O)CC#Cc1cccc(N)c1C. The number of carbonyl (C=O) groups excluding carboxylic acids is 1. The summed E-state index contributed by atoms with van der Waals surface area (Å²) in [5.74, 6) is 5.39. The molecule has 0 aliphatic rings. The third-order valence-electron chi connectivity index (χ3n) is 2.14. The molecule has 0 aromatic heterocycles. The highest BCUT2D eigenvalue weighted by molar-refractivity contribution is 5.72. The molecule has 3 heteroatoms. The van der Waals surface area contributed by atoms with Crippen LogP contribution in [0.15, 0.2) is 18.2 Å². The van der Waals surface area contributed by atoms with Crippen LogP contribution in [0.4, 0.5) is 5.69 Å². The lowest BCUT2D eigenvalue weighted by atomic mass is 10.1. The number of nitrogens with two attached hydrogens (primary N) is 1. The van der Waals surface area contributed by atoms with Crippen molar-refractivity contribution in [3.63, 3.8) is 0 Å². The highest BCUT2D eigenvalue weighted by Gasteiger charge is 1.99. The smallest absolute Gasteiger partial charge is 0.317 e. The normalized spacial score (nSPS) is 9.12. The Morgan fingerprint density at radius 3 is 2.94 bits per heavy atom. The van der Waals surface area contributed by atoms with E-state index in [4.69, 9.17) is 10.5 Å². The fourth-order valence-corrected chi connectivity index (χ4v) is 1.21. The van der Waals surface area contributed by atoms with Crippen LogP contribution in [-0.4, -0.2) is 12.6 Å². The summed E-state index contributed by atoms with van der Waals surface area (Å²) in [6.45, 7) is 4.06. The van der Waals surface area contributed by atoms with Crippen LogP contribution in [0, 0.1) is 18.8 Å². The summed E-state index contributed by atoms with van der Waals surface area (Å²) >= 11 is 0. The first kappa shape index (κ1) is 12.1. The van der Waals surface area contributed by atoms with E-state index in [1.807, 2.05) is 25.1 Å². The van der Waals surface area contributed by atoms with Gasteiger partial charge in [-0.25, -0.2) is 0 Å². The zero-order valence-corrected chi connectivity index (χ0v) is 9.54. The van der Waals surface area contributed by atoms with Gasteiger partial charge < -0.3 is 10.5 Å². The molecular formula is C13H15NO2. The number of ether oxygens (including phenoxy) is 1. The number of benzene rings is 1. The number of hydrogen-bond acceptors (Lipinski definition) is 3. The molecule has 0 radical (unpaired) electrons. The number of nitrogen functional groups attached to an aromatic ring is 1. The standard InChI is InChI=1S/C13H15NO2/c1-3-16-13(15)9-5-7-11-6-4-8-12(14)10(11)2/h4,6,8H,3,9,14H2,1-2H3. The maximum atomic E-state index is 11.0. The van der Waals surface area contributed by atoms with E-state index in [1.165, 1.54) is 0 Å². The van der Waals surface area contributed by atoms with Gasteiger partial charge in [0.2, 0.25) is 0 Å². The maximum absolute atomic E-state index is 11.0. The van der Waals surface area contributed by atoms with Crippen molar-refractivity contribution in [2.75, 3.05) is 12.3 Å². The van der Waals surface area contributed by atoms with Gasteiger partial charge in [-0.2, -0.15) is 0 Å². The van der Waals surface area contributed by atoms with Crippen LogP contribution in [0.5, 0.6) is 0 Å². The molecule has 16 heavy (non-hydrogen) atoms. The van der Waals surface area contributed by atoms with E-state index in [1.54, 1.807) is 6.92 Å². The van der Waals surface area contributed by atoms with E-state index in [-0.39, 0.29) is 12.4 Å². The lowest BCUT2D eigenvalue weighted by Crippen LogP contribution is -2.01. The molecule has 0 unspecified atom stereocenters.